The van der Waals surface area contributed by atoms with Crippen LogP contribution in [-0.2, 0) is 14.3 Å². The van der Waals surface area contributed by atoms with Crippen LogP contribution in [0.15, 0.2) is 0 Å². The van der Waals surface area contributed by atoms with Crippen LogP contribution in [0, 0.1) is 0 Å². The number of hydroxylamine groups is 2. The van der Waals surface area contributed by atoms with Gasteiger partial charge in [0.15, 0.2) is 5.79 Å². The van der Waals surface area contributed by atoms with E-state index in [1.54, 1.807) is 5.06 Å². The fraction of sp³-hybridized carbons (Fsp3) is 1.00. The highest BCUT2D eigenvalue weighted by atomic mass is 16.8. The van der Waals surface area contributed by atoms with Gasteiger partial charge in [0, 0.05) is 13.5 Å². The predicted octanol–water partition coefficient (Wildman–Crippen LogP) is 0.275. The summed E-state index contributed by atoms with van der Waals surface area (Å²) in [6.45, 7) is 3.78. The van der Waals surface area contributed by atoms with E-state index >= 15 is 0 Å². The van der Waals surface area contributed by atoms with Gasteiger partial charge < -0.3 is 14.6 Å². The second kappa shape index (κ2) is 3.40. The van der Waals surface area contributed by atoms with E-state index in [0.29, 0.717) is 0 Å². The number of rotatable bonds is 0. The molecule has 3 fully saturated rings. The molecule has 0 unspecified atom stereocenters. The first-order chi connectivity index (χ1) is 7.46. The Bertz CT molecular complexity index is 296. The molecule has 0 radical (unpaired) electrons. The number of hydrogen-bond acceptors (Lipinski definition) is 5. The summed E-state index contributed by atoms with van der Waals surface area (Å²) in [4.78, 5) is 5.65. The van der Waals surface area contributed by atoms with E-state index in [2.05, 4.69) is 0 Å². The van der Waals surface area contributed by atoms with Gasteiger partial charge in [-0.1, -0.05) is 0 Å². The minimum atomic E-state index is -0.592. The lowest BCUT2D eigenvalue weighted by molar-refractivity contribution is -0.187. The lowest BCUT2D eigenvalue weighted by Gasteiger charge is -2.30. The van der Waals surface area contributed by atoms with Crippen LogP contribution in [-0.4, -0.2) is 53.5 Å². The molecule has 1 saturated carbocycles. The number of aliphatic hydroxyl groups is 1. The molecule has 5 heteroatoms. The molecule has 1 N–H and O–H groups in total. The van der Waals surface area contributed by atoms with Gasteiger partial charge in [-0.15, -0.1) is 0 Å². The van der Waals surface area contributed by atoms with Gasteiger partial charge in [0.2, 0.25) is 0 Å². The molecular weight excluding hydrogens is 210 g/mol. The third-order valence-electron chi connectivity index (χ3n) is 3.73. The number of ether oxygens (including phenoxy) is 2. The molecule has 0 spiro atoms. The summed E-state index contributed by atoms with van der Waals surface area (Å²) in [5.74, 6) is -0.592. The second-order valence-electron chi connectivity index (χ2n) is 5.44. The maximum atomic E-state index is 10.3. The summed E-state index contributed by atoms with van der Waals surface area (Å²) in [5, 5.41) is 12.1. The molecular formula is C11H19NO4. The first kappa shape index (κ1) is 10.9. The van der Waals surface area contributed by atoms with Gasteiger partial charge in [0.05, 0.1) is 18.2 Å². The van der Waals surface area contributed by atoms with E-state index in [-0.39, 0.29) is 24.4 Å². The van der Waals surface area contributed by atoms with Crippen molar-refractivity contribution >= 4 is 0 Å². The van der Waals surface area contributed by atoms with Crippen LogP contribution in [0.3, 0.4) is 0 Å². The molecule has 2 heterocycles. The monoisotopic (exact) mass is 229 g/mol. The highest BCUT2D eigenvalue weighted by Crippen LogP contribution is 2.40. The Labute approximate surface area is 95.2 Å². The van der Waals surface area contributed by atoms with Crippen molar-refractivity contribution in [2.75, 3.05) is 7.05 Å². The van der Waals surface area contributed by atoms with Gasteiger partial charge in [-0.05, 0) is 20.3 Å². The zero-order valence-corrected chi connectivity index (χ0v) is 9.92. The molecule has 3 rings (SSSR count). The molecule has 2 saturated heterocycles. The third kappa shape index (κ3) is 1.58. The summed E-state index contributed by atoms with van der Waals surface area (Å²) in [5.41, 5.74) is 0. The van der Waals surface area contributed by atoms with Crippen LogP contribution in [0.5, 0.6) is 0 Å². The van der Waals surface area contributed by atoms with E-state index in [1.165, 1.54) is 0 Å². The summed E-state index contributed by atoms with van der Waals surface area (Å²) in [7, 11) is 1.87. The van der Waals surface area contributed by atoms with E-state index < -0.39 is 11.9 Å². The average Bonchev–Trinajstić information content (AvgIpc) is 2.63. The Balaban J connectivity index is 1.85. The fourth-order valence-electron chi connectivity index (χ4n) is 3.08. The van der Waals surface area contributed by atoms with Crippen LogP contribution < -0.4 is 0 Å². The topological polar surface area (TPSA) is 51.2 Å². The molecule has 92 valence electrons. The molecule has 3 aliphatic rings. The molecule has 1 aliphatic carbocycles. The minimum Gasteiger partial charge on any atom is -0.389 e. The van der Waals surface area contributed by atoms with Gasteiger partial charge in [0.1, 0.15) is 12.2 Å². The first-order valence-corrected chi connectivity index (χ1v) is 5.89. The van der Waals surface area contributed by atoms with Gasteiger partial charge in [-0.2, -0.15) is 5.06 Å². The molecule has 2 aliphatic heterocycles. The van der Waals surface area contributed by atoms with E-state index in [0.717, 1.165) is 12.8 Å². The van der Waals surface area contributed by atoms with Gasteiger partial charge >= 0.3 is 0 Å². The zero-order chi connectivity index (χ0) is 11.5. The van der Waals surface area contributed by atoms with Crippen molar-refractivity contribution in [2.24, 2.45) is 0 Å². The fourth-order valence-corrected chi connectivity index (χ4v) is 3.08. The highest BCUT2D eigenvalue weighted by Gasteiger charge is 2.53. The van der Waals surface area contributed by atoms with Gasteiger partial charge in [0.25, 0.3) is 0 Å². The molecule has 16 heavy (non-hydrogen) atoms. The third-order valence-corrected chi connectivity index (χ3v) is 3.73. The Morgan fingerprint density at radius 2 is 2.00 bits per heavy atom. The summed E-state index contributed by atoms with van der Waals surface area (Å²) < 4.78 is 11.6. The van der Waals surface area contributed by atoms with Crippen LogP contribution >= 0.6 is 0 Å². The van der Waals surface area contributed by atoms with Crippen molar-refractivity contribution in [1.82, 2.24) is 5.06 Å². The van der Waals surface area contributed by atoms with Crippen molar-refractivity contribution in [2.45, 2.75) is 62.9 Å². The number of fused-ring (bicyclic) bond motifs is 3. The molecule has 2 bridgehead atoms. The summed E-state index contributed by atoms with van der Waals surface area (Å²) in [6, 6.07) is 0.0255. The Morgan fingerprint density at radius 1 is 1.25 bits per heavy atom. The zero-order valence-electron chi connectivity index (χ0n) is 9.92. The normalized spacial score (nSPS) is 51.4. The average molecular weight is 229 g/mol. The molecule has 0 aromatic heterocycles. The lowest BCUT2D eigenvalue weighted by Crippen LogP contribution is -2.47. The maximum absolute atomic E-state index is 10.3. The maximum Gasteiger partial charge on any atom is 0.163 e. The second-order valence-corrected chi connectivity index (χ2v) is 5.44. The van der Waals surface area contributed by atoms with Crippen LogP contribution in [0.25, 0.3) is 0 Å². The van der Waals surface area contributed by atoms with Crippen LogP contribution in [0.2, 0.25) is 0 Å². The number of likely N-dealkylation sites (N-methyl/N-ethyl adjacent to an activating group) is 1. The SMILES string of the molecule is CN1O[C@@H]2C[C@@H]3OC(C)(C)O[C@H]3[C@H](O)[C@H]1C2. The van der Waals surface area contributed by atoms with E-state index in [9.17, 15) is 5.11 Å². The minimum absolute atomic E-state index is 0.0255. The Kier molecular flexibility index (Phi) is 2.32. The standard InChI is InChI=1S/C11H19NO4/c1-11(2)14-8-5-6-4-7(12(3)16-6)9(13)10(8)15-11/h6-10,13H,4-5H2,1-3H3/t6-,7+,8-,9+,10+/m0/s1. The van der Waals surface area contributed by atoms with Crippen LogP contribution in [0.1, 0.15) is 26.7 Å². The summed E-state index contributed by atoms with van der Waals surface area (Å²) >= 11 is 0. The number of hydrogen-bond donors (Lipinski definition) is 1. The lowest BCUT2D eigenvalue weighted by atomic mass is 10.0. The van der Waals surface area contributed by atoms with E-state index in [4.69, 9.17) is 14.3 Å². The smallest absolute Gasteiger partial charge is 0.163 e. The largest absolute Gasteiger partial charge is 0.389 e. The predicted molar refractivity (Wildman–Crippen MR) is 55.5 cm³/mol. The van der Waals surface area contributed by atoms with Crippen molar-refractivity contribution in [3.63, 3.8) is 0 Å². The van der Waals surface area contributed by atoms with E-state index in [1.807, 2.05) is 20.9 Å². The van der Waals surface area contributed by atoms with Crippen LogP contribution in [0.4, 0.5) is 0 Å². The highest BCUT2D eigenvalue weighted by molar-refractivity contribution is 4.99. The molecule has 0 amide bonds. The van der Waals surface area contributed by atoms with Crippen molar-refractivity contribution in [1.29, 1.82) is 0 Å². The van der Waals surface area contributed by atoms with Crippen molar-refractivity contribution in [3.8, 4) is 0 Å². The van der Waals surface area contributed by atoms with Crippen molar-refractivity contribution < 1.29 is 19.4 Å². The number of nitrogens with zero attached hydrogens (tertiary/aromatic N) is 1. The van der Waals surface area contributed by atoms with Gasteiger partial charge in [-0.3, -0.25) is 4.84 Å². The Morgan fingerprint density at radius 3 is 2.75 bits per heavy atom. The molecule has 5 nitrogen and oxygen atoms in total. The first-order valence-electron chi connectivity index (χ1n) is 5.89. The number of aliphatic hydroxyl groups excluding tert-OH is 1. The molecule has 0 aromatic rings. The quantitative estimate of drug-likeness (QED) is 0.646. The summed E-state index contributed by atoms with van der Waals surface area (Å²) in [6.07, 6.45) is 0.996. The molecule has 5 atom stereocenters. The van der Waals surface area contributed by atoms with Crippen molar-refractivity contribution in [3.05, 3.63) is 0 Å². The Hall–Kier alpha value is -0.200. The molecule has 0 aromatic carbocycles. The van der Waals surface area contributed by atoms with Gasteiger partial charge in [-0.25, -0.2) is 0 Å².